The van der Waals surface area contributed by atoms with Crippen LogP contribution in [0.15, 0.2) is 33.4 Å². The maximum absolute atomic E-state index is 11.9. The summed E-state index contributed by atoms with van der Waals surface area (Å²) in [6, 6.07) is 7.60. The molecule has 1 amide bonds. The lowest BCUT2D eigenvalue weighted by atomic mass is 10.1. The van der Waals surface area contributed by atoms with Crippen LogP contribution in [-0.4, -0.2) is 20.0 Å². The van der Waals surface area contributed by atoms with Crippen molar-refractivity contribution in [2.45, 2.75) is 12.6 Å². The van der Waals surface area contributed by atoms with Gasteiger partial charge in [0.2, 0.25) is 5.91 Å². The Balaban J connectivity index is 1.86. The van der Waals surface area contributed by atoms with Gasteiger partial charge in [-0.15, -0.1) is 11.3 Å². The number of carbonyl (C=O) groups excluding carboxylic acids is 1. The Labute approximate surface area is 136 Å². The molecule has 1 atom stereocenters. The molecule has 0 radical (unpaired) electrons. The van der Waals surface area contributed by atoms with Crippen LogP contribution in [0.3, 0.4) is 0 Å². The smallest absolute Gasteiger partial charge is 0.248 e. The van der Waals surface area contributed by atoms with E-state index in [0.717, 1.165) is 27.3 Å². The van der Waals surface area contributed by atoms with Gasteiger partial charge >= 0.3 is 0 Å². The minimum atomic E-state index is -0.530. The van der Waals surface area contributed by atoms with Crippen molar-refractivity contribution in [1.82, 2.24) is 0 Å². The van der Waals surface area contributed by atoms with Gasteiger partial charge in [0.05, 0.1) is 9.47 Å². The van der Waals surface area contributed by atoms with Crippen molar-refractivity contribution < 1.29 is 4.79 Å². The first-order valence-corrected chi connectivity index (χ1v) is 8.26. The lowest BCUT2D eigenvalue weighted by molar-refractivity contribution is -0.118. The predicted octanol–water partition coefficient (Wildman–Crippen LogP) is 3.12. The van der Waals surface area contributed by atoms with Crippen LogP contribution in [0.2, 0.25) is 0 Å². The van der Waals surface area contributed by atoms with Gasteiger partial charge in [-0.25, -0.2) is 0 Å². The standard InChI is InChI=1S/C15H16BrN3OS/c1-18(7-9-5-13(16)21-8-9)10-3-4-11-12(6-10)19(2)15(20)14(11)17/h3-6,8,14H,7,17H2,1-2H3. The number of amides is 1. The zero-order valence-corrected chi connectivity index (χ0v) is 14.2. The normalized spacial score (nSPS) is 17.2. The third-order valence-electron chi connectivity index (χ3n) is 3.79. The molecule has 0 saturated heterocycles. The molecule has 4 nitrogen and oxygen atoms in total. The van der Waals surface area contributed by atoms with Crippen molar-refractivity contribution in [3.05, 3.63) is 44.6 Å². The number of halogens is 1. The summed E-state index contributed by atoms with van der Waals surface area (Å²) in [4.78, 5) is 15.7. The van der Waals surface area contributed by atoms with E-state index in [1.165, 1.54) is 5.56 Å². The van der Waals surface area contributed by atoms with Crippen LogP contribution in [0.4, 0.5) is 11.4 Å². The summed E-state index contributed by atoms with van der Waals surface area (Å²) in [6.07, 6.45) is 0. The fourth-order valence-corrected chi connectivity index (χ4v) is 3.78. The van der Waals surface area contributed by atoms with E-state index in [0.29, 0.717) is 0 Å². The summed E-state index contributed by atoms with van der Waals surface area (Å²) in [5.74, 6) is -0.0495. The number of carbonyl (C=O) groups is 1. The minimum Gasteiger partial charge on any atom is -0.370 e. The van der Waals surface area contributed by atoms with E-state index in [1.807, 2.05) is 25.2 Å². The number of rotatable bonds is 3. The summed E-state index contributed by atoms with van der Waals surface area (Å²) < 4.78 is 1.14. The number of nitrogens with zero attached hydrogens (tertiary/aromatic N) is 2. The van der Waals surface area contributed by atoms with Crippen LogP contribution in [0.5, 0.6) is 0 Å². The van der Waals surface area contributed by atoms with Gasteiger partial charge in [0.25, 0.3) is 0 Å². The number of benzene rings is 1. The molecular weight excluding hydrogens is 350 g/mol. The Bertz CT molecular complexity index is 700. The number of thiophene rings is 1. The molecule has 2 N–H and O–H groups in total. The van der Waals surface area contributed by atoms with Gasteiger partial charge < -0.3 is 15.5 Å². The highest BCUT2D eigenvalue weighted by Crippen LogP contribution is 2.36. The van der Waals surface area contributed by atoms with Crippen molar-refractivity contribution >= 4 is 44.5 Å². The Morgan fingerprint density at radius 2 is 2.19 bits per heavy atom. The SMILES string of the molecule is CN(Cc1csc(Br)c1)c1ccc2c(c1)N(C)C(=O)C2N. The molecule has 3 rings (SSSR count). The van der Waals surface area contributed by atoms with Crippen molar-refractivity contribution in [3.63, 3.8) is 0 Å². The largest absolute Gasteiger partial charge is 0.370 e. The van der Waals surface area contributed by atoms with E-state index >= 15 is 0 Å². The van der Waals surface area contributed by atoms with Crippen LogP contribution in [-0.2, 0) is 11.3 Å². The summed E-state index contributed by atoms with van der Waals surface area (Å²) in [7, 11) is 3.82. The zero-order chi connectivity index (χ0) is 15.1. The first-order chi connectivity index (χ1) is 9.97. The van der Waals surface area contributed by atoms with Gasteiger partial charge in [-0.3, -0.25) is 4.79 Å². The highest BCUT2D eigenvalue weighted by atomic mass is 79.9. The maximum Gasteiger partial charge on any atom is 0.248 e. The highest BCUT2D eigenvalue weighted by Gasteiger charge is 2.32. The molecule has 0 fully saturated rings. The Morgan fingerprint density at radius 1 is 1.43 bits per heavy atom. The van der Waals surface area contributed by atoms with Gasteiger partial charge in [-0.1, -0.05) is 6.07 Å². The van der Waals surface area contributed by atoms with Crippen LogP contribution < -0.4 is 15.5 Å². The molecule has 2 aromatic rings. The van der Waals surface area contributed by atoms with Crippen LogP contribution in [0.25, 0.3) is 0 Å². The predicted molar refractivity (Wildman–Crippen MR) is 90.9 cm³/mol. The van der Waals surface area contributed by atoms with Crippen molar-refractivity contribution in [2.75, 3.05) is 23.9 Å². The third-order valence-corrected chi connectivity index (χ3v) is 5.34. The number of hydrogen-bond acceptors (Lipinski definition) is 4. The zero-order valence-electron chi connectivity index (χ0n) is 11.8. The summed E-state index contributed by atoms with van der Waals surface area (Å²) in [5.41, 5.74) is 10.1. The molecule has 0 spiro atoms. The highest BCUT2D eigenvalue weighted by molar-refractivity contribution is 9.11. The van der Waals surface area contributed by atoms with E-state index in [1.54, 1.807) is 23.3 Å². The molecule has 0 bridgehead atoms. The number of likely N-dealkylation sites (N-methyl/N-ethyl adjacent to an activating group) is 1. The molecule has 1 aliphatic rings. The molecule has 2 heterocycles. The van der Waals surface area contributed by atoms with Crippen molar-refractivity contribution in [3.8, 4) is 0 Å². The topological polar surface area (TPSA) is 49.6 Å². The number of fused-ring (bicyclic) bond motifs is 1. The molecule has 21 heavy (non-hydrogen) atoms. The van der Waals surface area contributed by atoms with E-state index < -0.39 is 6.04 Å². The van der Waals surface area contributed by atoms with Gasteiger partial charge in [0, 0.05) is 31.9 Å². The van der Waals surface area contributed by atoms with E-state index in [-0.39, 0.29) is 5.91 Å². The lowest BCUT2D eigenvalue weighted by Crippen LogP contribution is -2.27. The number of hydrogen-bond donors (Lipinski definition) is 1. The Hall–Kier alpha value is -1.37. The first-order valence-electron chi connectivity index (χ1n) is 6.58. The van der Waals surface area contributed by atoms with E-state index in [4.69, 9.17) is 5.73 Å². The average Bonchev–Trinajstić information content (AvgIpc) is 2.97. The van der Waals surface area contributed by atoms with Crippen LogP contribution in [0, 0.1) is 0 Å². The van der Waals surface area contributed by atoms with Gasteiger partial charge in [-0.2, -0.15) is 0 Å². The number of anilines is 2. The third kappa shape index (κ3) is 2.59. The summed E-state index contributed by atoms with van der Waals surface area (Å²) >= 11 is 5.17. The fraction of sp³-hybridized carbons (Fsp3) is 0.267. The molecule has 110 valence electrons. The lowest BCUT2D eigenvalue weighted by Gasteiger charge is -2.20. The van der Waals surface area contributed by atoms with Crippen molar-refractivity contribution in [2.24, 2.45) is 5.73 Å². The van der Waals surface area contributed by atoms with Gasteiger partial charge in [0.1, 0.15) is 6.04 Å². The molecule has 1 aromatic heterocycles. The molecule has 0 aliphatic carbocycles. The summed E-state index contributed by atoms with van der Waals surface area (Å²) in [6.45, 7) is 0.824. The molecular formula is C15H16BrN3OS. The van der Waals surface area contributed by atoms with Gasteiger partial charge in [0.15, 0.2) is 0 Å². The Morgan fingerprint density at radius 3 is 2.86 bits per heavy atom. The monoisotopic (exact) mass is 365 g/mol. The van der Waals surface area contributed by atoms with Crippen molar-refractivity contribution in [1.29, 1.82) is 0 Å². The second kappa shape index (κ2) is 5.44. The molecule has 1 unspecified atom stereocenters. The molecule has 1 aromatic carbocycles. The van der Waals surface area contributed by atoms with E-state index in [2.05, 4.69) is 32.3 Å². The molecule has 0 saturated carbocycles. The van der Waals surface area contributed by atoms with Crippen LogP contribution in [0.1, 0.15) is 17.2 Å². The fourth-order valence-electron chi connectivity index (χ4n) is 2.58. The summed E-state index contributed by atoms with van der Waals surface area (Å²) in [5, 5.41) is 2.14. The average molecular weight is 366 g/mol. The Kier molecular flexibility index (Phi) is 3.77. The number of nitrogens with two attached hydrogens (primary N) is 1. The molecule has 1 aliphatic heterocycles. The second-order valence-electron chi connectivity index (χ2n) is 5.23. The van der Waals surface area contributed by atoms with Crippen LogP contribution >= 0.6 is 27.3 Å². The van der Waals surface area contributed by atoms with Gasteiger partial charge in [-0.05, 0) is 45.1 Å². The van der Waals surface area contributed by atoms with E-state index in [9.17, 15) is 4.79 Å². The second-order valence-corrected chi connectivity index (χ2v) is 7.52. The minimum absolute atomic E-state index is 0.0495. The first kappa shape index (κ1) is 14.6. The maximum atomic E-state index is 11.9. The quantitative estimate of drug-likeness (QED) is 0.908. The molecule has 6 heteroatoms.